The highest BCUT2D eigenvalue weighted by molar-refractivity contribution is 7.60. The number of imidazole rings is 1. The maximum atomic E-state index is 11.9. The van der Waals surface area contributed by atoms with Gasteiger partial charge in [-0.15, -0.1) is 0 Å². The van der Waals surface area contributed by atoms with Gasteiger partial charge in [0, 0.05) is 6.42 Å². The van der Waals surface area contributed by atoms with E-state index in [2.05, 4.69) is 29.1 Å². The number of phosphoric acid groups is 2. The molecule has 0 bridgehead atoms. The lowest BCUT2D eigenvalue weighted by Crippen LogP contribution is -2.33. The first-order chi connectivity index (χ1) is 14.9. The van der Waals surface area contributed by atoms with Crippen molar-refractivity contribution in [2.75, 3.05) is 11.9 Å². The minimum Gasteiger partial charge on any atom is -0.387 e. The highest BCUT2D eigenvalue weighted by atomic mass is 31.3. The third-order valence-electron chi connectivity index (χ3n) is 4.32. The number of nitrogens with zero attached hydrogens (tertiary/aromatic N) is 4. The first-order valence-electron chi connectivity index (χ1n) is 9.15. The summed E-state index contributed by atoms with van der Waals surface area (Å²) in [6, 6.07) is 0. The second kappa shape index (κ2) is 9.57. The van der Waals surface area contributed by atoms with E-state index < -0.39 is 46.8 Å². The first kappa shape index (κ1) is 24.8. The summed E-state index contributed by atoms with van der Waals surface area (Å²) < 4.78 is 37.1. The number of phosphoric ester groups is 1. The average molecular weight is 497 g/mol. The quantitative estimate of drug-likeness (QED) is 0.238. The summed E-state index contributed by atoms with van der Waals surface area (Å²) in [7, 11) is -10.5. The van der Waals surface area contributed by atoms with E-state index in [0.717, 1.165) is 6.33 Å². The zero-order valence-electron chi connectivity index (χ0n) is 16.5. The van der Waals surface area contributed by atoms with Crippen molar-refractivity contribution >= 4 is 38.5 Å². The van der Waals surface area contributed by atoms with E-state index in [0.29, 0.717) is 6.42 Å². The summed E-state index contributed by atoms with van der Waals surface area (Å²) in [5.74, 6) is -0.145. The number of ether oxygens (including phenoxy) is 1. The fourth-order valence-corrected chi connectivity index (χ4v) is 4.57. The maximum absolute atomic E-state index is 11.9. The number of aliphatic hydroxyl groups excluding tert-OH is 2. The number of aliphatic hydroxyl groups is 2. The van der Waals surface area contributed by atoms with Gasteiger partial charge in [-0.05, 0) is 6.42 Å². The molecule has 18 heteroatoms. The van der Waals surface area contributed by atoms with E-state index in [1.54, 1.807) is 0 Å². The van der Waals surface area contributed by atoms with Crippen LogP contribution in [0.15, 0.2) is 12.7 Å². The van der Waals surface area contributed by atoms with Crippen LogP contribution >= 0.6 is 15.6 Å². The Balaban J connectivity index is 1.77. The molecule has 5 atom stereocenters. The number of rotatable bonds is 9. The molecule has 6 N–H and O–H groups in total. The molecule has 0 aliphatic carbocycles. The van der Waals surface area contributed by atoms with E-state index >= 15 is 0 Å². The topological polar surface area (TPSA) is 236 Å². The maximum Gasteiger partial charge on any atom is 0.481 e. The van der Waals surface area contributed by atoms with E-state index in [4.69, 9.17) is 14.5 Å². The summed E-state index contributed by atoms with van der Waals surface area (Å²) in [4.78, 5) is 50.6. The Labute approximate surface area is 180 Å². The molecule has 2 aromatic heterocycles. The fraction of sp³-hybridized carbons (Fsp3) is 0.571. The van der Waals surface area contributed by atoms with Crippen molar-refractivity contribution in [3.63, 3.8) is 0 Å². The lowest BCUT2D eigenvalue weighted by Gasteiger charge is -2.17. The molecular formula is C14H21N5O11P2. The van der Waals surface area contributed by atoms with Crippen LogP contribution in [0.25, 0.3) is 11.2 Å². The molecule has 3 heterocycles. The molecule has 3 rings (SSSR count). The number of hydrogen-bond acceptors (Lipinski definition) is 11. The Bertz CT molecular complexity index is 1070. The molecule has 1 aliphatic heterocycles. The number of aromatic nitrogens is 4. The normalized spacial score (nSPS) is 25.7. The lowest BCUT2D eigenvalue weighted by atomic mass is 10.1. The molecule has 16 nitrogen and oxygen atoms in total. The molecule has 1 fully saturated rings. The smallest absolute Gasteiger partial charge is 0.387 e. The van der Waals surface area contributed by atoms with Gasteiger partial charge in [-0.25, -0.2) is 24.1 Å². The summed E-state index contributed by atoms with van der Waals surface area (Å²) in [6.45, 7) is 0.991. The van der Waals surface area contributed by atoms with Crippen LogP contribution in [0.1, 0.15) is 26.0 Å². The van der Waals surface area contributed by atoms with Crippen molar-refractivity contribution in [2.24, 2.45) is 0 Å². The average Bonchev–Trinajstić information content (AvgIpc) is 3.21. The zero-order valence-corrected chi connectivity index (χ0v) is 18.2. The molecule has 1 saturated heterocycles. The monoisotopic (exact) mass is 497 g/mol. The van der Waals surface area contributed by atoms with Gasteiger partial charge in [0.25, 0.3) is 0 Å². The number of amides is 1. The minimum atomic E-state index is -5.32. The molecule has 0 saturated carbocycles. The number of carbonyl (C=O) groups is 1. The molecule has 32 heavy (non-hydrogen) atoms. The number of nitrogens with one attached hydrogen (secondary N) is 1. The van der Waals surface area contributed by atoms with Crippen molar-refractivity contribution in [1.29, 1.82) is 0 Å². The standard InChI is InChI=1S/C14H21N5O11P2/c1-2-3-8(20)18-12-9-13(16-5-15-12)19(6-17-9)14-11(22)10(21)7(29-14)4-28-32(26,27)30-31(23,24)25/h5-7,10-11,14,21-22H,2-4H2,1H3,(H,26,27)(H2,23,24,25)(H,15,16,18,20)/t7-,10-,11-,14-/m1/s1. The van der Waals surface area contributed by atoms with Crippen LogP contribution in [-0.2, 0) is 27.5 Å². The SMILES string of the molecule is CCCC(=O)Nc1ncnc2c1ncn2[C@@H]1O[C@H](COP(=O)(O)OP(=O)(O)O)[C@@H](O)[C@H]1O. The van der Waals surface area contributed by atoms with Crippen LogP contribution in [0.3, 0.4) is 0 Å². The van der Waals surface area contributed by atoms with Crippen molar-refractivity contribution < 1.29 is 52.4 Å². The van der Waals surface area contributed by atoms with Gasteiger partial charge in [0.15, 0.2) is 23.2 Å². The van der Waals surface area contributed by atoms with E-state index in [1.165, 1.54) is 10.9 Å². The molecule has 0 radical (unpaired) electrons. The lowest BCUT2D eigenvalue weighted by molar-refractivity contribution is -0.116. The Morgan fingerprint density at radius 1 is 1.22 bits per heavy atom. The Hall–Kier alpha value is -1.84. The Kier molecular flexibility index (Phi) is 7.41. The number of hydrogen-bond donors (Lipinski definition) is 6. The van der Waals surface area contributed by atoms with E-state index in [9.17, 15) is 29.0 Å². The predicted molar refractivity (Wildman–Crippen MR) is 104 cm³/mol. The molecule has 1 aliphatic rings. The van der Waals surface area contributed by atoms with Gasteiger partial charge in [-0.3, -0.25) is 13.9 Å². The Morgan fingerprint density at radius 3 is 2.59 bits per heavy atom. The van der Waals surface area contributed by atoms with Gasteiger partial charge in [0.1, 0.15) is 24.6 Å². The Morgan fingerprint density at radius 2 is 1.94 bits per heavy atom. The predicted octanol–water partition coefficient (Wildman–Crippen LogP) is -0.590. The molecule has 0 aromatic carbocycles. The van der Waals surface area contributed by atoms with Crippen LogP contribution in [-0.4, -0.2) is 75.2 Å². The molecule has 1 amide bonds. The minimum absolute atomic E-state index is 0.135. The summed E-state index contributed by atoms with van der Waals surface area (Å²) in [5.41, 5.74) is 0.346. The number of carbonyl (C=O) groups excluding carboxylic acids is 1. The van der Waals surface area contributed by atoms with Crippen LogP contribution < -0.4 is 5.32 Å². The summed E-state index contributed by atoms with van der Waals surface area (Å²) in [5, 5.41) is 23.2. The van der Waals surface area contributed by atoms with Crippen molar-refractivity contribution in [2.45, 2.75) is 44.3 Å². The van der Waals surface area contributed by atoms with Gasteiger partial charge in [0.05, 0.1) is 12.9 Å². The van der Waals surface area contributed by atoms with E-state index in [1.807, 2.05) is 6.92 Å². The van der Waals surface area contributed by atoms with Crippen molar-refractivity contribution in [3.05, 3.63) is 12.7 Å². The first-order valence-corrected chi connectivity index (χ1v) is 12.2. The van der Waals surface area contributed by atoms with Crippen molar-refractivity contribution in [1.82, 2.24) is 19.5 Å². The summed E-state index contributed by atoms with van der Waals surface area (Å²) >= 11 is 0. The second-order valence-corrected chi connectivity index (χ2v) is 9.56. The molecular weight excluding hydrogens is 476 g/mol. The van der Waals surface area contributed by atoms with Gasteiger partial charge >= 0.3 is 15.6 Å². The van der Waals surface area contributed by atoms with Gasteiger partial charge < -0.3 is 34.9 Å². The van der Waals surface area contributed by atoms with Crippen LogP contribution in [0.5, 0.6) is 0 Å². The largest absolute Gasteiger partial charge is 0.481 e. The molecule has 1 unspecified atom stereocenters. The zero-order chi connectivity index (χ0) is 23.7. The van der Waals surface area contributed by atoms with Crippen LogP contribution in [0.2, 0.25) is 0 Å². The second-order valence-electron chi connectivity index (χ2n) is 6.73. The van der Waals surface area contributed by atoms with Crippen LogP contribution in [0.4, 0.5) is 5.82 Å². The highest BCUT2D eigenvalue weighted by Crippen LogP contribution is 2.57. The third-order valence-corrected chi connectivity index (χ3v) is 6.47. The van der Waals surface area contributed by atoms with E-state index in [-0.39, 0.29) is 29.3 Å². The summed E-state index contributed by atoms with van der Waals surface area (Å²) in [6.07, 6.45) is -2.54. The number of anilines is 1. The van der Waals surface area contributed by atoms with Gasteiger partial charge in [-0.2, -0.15) is 4.31 Å². The number of fused-ring (bicyclic) bond motifs is 1. The molecule has 0 spiro atoms. The van der Waals surface area contributed by atoms with Crippen molar-refractivity contribution in [3.8, 4) is 0 Å². The van der Waals surface area contributed by atoms with Gasteiger partial charge in [0.2, 0.25) is 5.91 Å². The molecule has 2 aromatic rings. The van der Waals surface area contributed by atoms with Crippen LogP contribution in [0, 0.1) is 0 Å². The fourth-order valence-electron chi connectivity index (χ4n) is 2.97. The van der Waals surface area contributed by atoms with Gasteiger partial charge in [-0.1, -0.05) is 6.92 Å². The third kappa shape index (κ3) is 5.74. The highest BCUT2D eigenvalue weighted by Gasteiger charge is 2.46. The molecule has 178 valence electrons.